The SMILES string of the molecule is CCOc1cc(C(=O)NC2CCc3cc(F)ccc32)ccc1OCC(=O)O. The van der Waals surface area contributed by atoms with Gasteiger partial charge in [0.2, 0.25) is 0 Å². The Kier molecular flexibility index (Phi) is 5.59. The number of carboxylic acids is 1. The van der Waals surface area contributed by atoms with E-state index in [1.807, 2.05) is 0 Å². The smallest absolute Gasteiger partial charge is 0.341 e. The Hall–Kier alpha value is -3.09. The molecule has 0 spiro atoms. The average Bonchev–Trinajstić information content (AvgIpc) is 3.02. The van der Waals surface area contributed by atoms with Crippen LogP contribution in [0.3, 0.4) is 0 Å². The Labute approximate surface area is 155 Å². The van der Waals surface area contributed by atoms with Crippen LogP contribution in [0.5, 0.6) is 11.5 Å². The molecular weight excluding hydrogens is 353 g/mol. The molecule has 6 nitrogen and oxygen atoms in total. The lowest BCUT2D eigenvalue weighted by molar-refractivity contribution is -0.139. The van der Waals surface area contributed by atoms with E-state index in [0.717, 1.165) is 11.1 Å². The van der Waals surface area contributed by atoms with Gasteiger partial charge in [-0.1, -0.05) is 6.07 Å². The van der Waals surface area contributed by atoms with Crippen LogP contribution in [0.25, 0.3) is 0 Å². The van der Waals surface area contributed by atoms with Crippen LogP contribution in [0, 0.1) is 5.82 Å². The number of nitrogens with one attached hydrogen (secondary N) is 1. The molecule has 2 aromatic carbocycles. The van der Waals surface area contributed by atoms with Crippen molar-refractivity contribution >= 4 is 11.9 Å². The number of hydrogen-bond donors (Lipinski definition) is 2. The molecule has 2 aromatic rings. The third-order valence-corrected chi connectivity index (χ3v) is 4.34. The minimum Gasteiger partial charge on any atom is -0.490 e. The van der Waals surface area contributed by atoms with Crippen molar-refractivity contribution in [2.75, 3.05) is 13.2 Å². The van der Waals surface area contributed by atoms with E-state index in [-0.39, 0.29) is 23.5 Å². The van der Waals surface area contributed by atoms with E-state index in [2.05, 4.69) is 5.32 Å². The molecule has 0 heterocycles. The first kappa shape index (κ1) is 18.7. The van der Waals surface area contributed by atoms with Gasteiger partial charge in [0.25, 0.3) is 5.91 Å². The summed E-state index contributed by atoms with van der Waals surface area (Å²) in [5.74, 6) is -1.10. The highest BCUT2D eigenvalue weighted by molar-refractivity contribution is 5.95. The lowest BCUT2D eigenvalue weighted by Crippen LogP contribution is -2.27. The van der Waals surface area contributed by atoms with Crippen molar-refractivity contribution in [3.8, 4) is 11.5 Å². The topological polar surface area (TPSA) is 84.9 Å². The molecule has 1 atom stereocenters. The minimum atomic E-state index is -1.10. The van der Waals surface area contributed by atoms with Gasteiger partial charge in [0.1, 0.15) is 5.82 Å². The number of aryl methyl sites for hydroxylation is 1. The molecule has 0 radical (unpaired) electrons. The maximum atomic E-state index is 13.3. The summed E-state index contributed by atoms with van der Waals surface area (Å²) >= 11 is 0. The number of carbonyl (C=O) groups is 2. The first-order valence-electron chi connectivity index (χ1n) is 8.68. The van der Waals surface area contributed by atoms with Gasteiger partial charge < -0.3 is 19.9 Å². The van der Waals surface area contributed by atoms with Gasteiger partial charge in [0.05, 0.1) is 12.6 Å². The first-order chi connectivity index (χ1) is 13.0. The van der Waals surface area contributed by atoms with Crippen molar-refractivity contribution in [3.63, 3.8) is 0 Å². The van der Waals surface area contributed by atoms with Crippen LogP contribution in [0.2, 0.25) is 0 Å². The number of fused-ring (bicyclic) bond motifs is 1. The number of amides is 1. The molecule has 1 unspecified atom stereocenters. The summed E-state index contributed by atoms with van der Waals surface area (Å²) in [6.45, 7) is 1.62. The highest BCUT2D eigenvalue weighted by Crippen LogP contribution is 2.33. The molecule has 1 aliphatic rings. The summed E-state index contributed by atoms with van der Waals surface area (Å²) < 4.78 is 24.0. The average molecular weight is 373 g/mol. The Morgan fingerprint density at radius 2 is 2.00 bits per heavy atom. The van der Waals surface area contributed by atoms with Crippen LogP contribution in [0.4, 0.5) is 4.39 Å². The molecule has 0 aromatic heterocycles. The third-order valence-electron chi connectivity index (χ3n) is 4.34. The second kappa shape index (κ2) is 8.07. The van der Waals surface area contributed by atoms with Crippen LogP contribution in [-0.4, -0.2) is 30.2 Å². The van der Waals surface area contributed by atoms with Crippen molar-refractivity contribution in [3.05, 3.63) is 58.9 Å². The zero-order chi connectivity index (χ0) is 19.4. The molecule has 0 fully saturated rings. The Balaban J connectivity index is 1.75. The summed E-state index contributed by atoms with van der Waals surface area (Å²) in [6, 6.07) is 9.02. The largest absolute Gasteiger partial charge is 0.490 e. The number of aliphatic carboxylic acids is 1. The molecule has 142 valence electrons. The number of carbonyl (C=O) groups excluding carboxylic acids is 1. The van der Waals surface area contributed by atoms with Gasteiger partial charge in [0, 0.05) is 5.56 Å². The summed E-state index contributed by atoms with van der Waals surface area (Å²) in [4.78, 5) is 23.3. The molecule has 3 rings (SSSR count). The van der Waals surface area contributed by atoms with Crippen molar-refractivity contribution in [1.29, 1.82) is 0 Å². The molecule has 0 aliphatic heterocycles. The first-order valence-corrected chi connectivity index (χ1v) is 8.68. The van der Waals surface area contributed by atoms with E-state index in [0.29, 0.717) is 30.8 Å². The summed E-state index contributed by atoms with van der Waals surface area (Å²) in [7, 11) is 0. The van der Waals surface area contributed by atoms with Crippen LogP contribution in [0.1, 0.15) is 40.9 Å². The van der Waals surface area contributed by atoms with Crippen molar-refractivity contribution < 1.29 is 28.6 Å². The van der Waals surface area contributed by atoms with Gasteiger partial charge in [-0.05, 0) is 61.2 Å². The van der Waals surface area contributed by atoms with E-state index in [1.54, 1.807) is 19.1 Å². The van der Waals surface area contributed by atoms with E-state index < -0.39 is 12.6 Å². The van der Waals surface area contributed by atoms with Crippen LogP contribution >= 0.6 is 0 Å². The van der Waals surface area contributed by atoms with Gasteiger partial charge in [-0.2, -0.15) is 0 Å². The highest BCUT2D eigenvalue weighted by Gasteiger charge is 2.25. The second-order valence-electron chi connectivity index (χ2n) is 6.18. The molecule has 27 heavy (non-hydrogen) atoms. The molecule has 7 heteroatoms. The van der Waals surface area contributed by atoms with Gasteiger partial charge in [-0.3, -0.25) is 4.79 Å². The summed E-state index contributed by atoms with van der Waals surface area (Å²) in [5, 5.41) is 11.7. The maximum Gasteiger partial charge on any atom is 0.341 e. The van der Waals surface area contributed by atoms with Crippen LogP contribution in [0.15, 0.2) is 36.4 Å². The minimum absolute atomic E-state index is 0.174. The number of rotatable bonds is 7. The quantitative estimate of drug-likeness (QED) is 0.779. The van der Waals surface area contributed by atoms with Crippen LogP contribution in [-0.2, 0) is 11.2 Å². The van der Waals surface area contributed by atoms with Gasteiger partial charge in [-0.15, -0.1) is 0 Å². The molecule has 0 saturated heterocycles. The number of ether oxygens (including phenoxy) is 2. The van der Waals surface area contributed by atoms with Gasteiger partial charge in [-0.25, -0.2) is 9.18 Å². The van der Waals surface area contributed by atoms with Crippen molar-refractivity contribution in [1.82, 2.24) is 5.32 Å². The number of halogens is 1. The van der Waals surface area contributed by atoms with Gasteiger partial charge in [0.15, 0.2) is 18.1 Å². The van der Waals surface area contributed by atoms with E-state index in [1.165, 1.54) is 24.3 Å². The zero-order valence-electron chi connectivity index (χ0n) is 14.8. The summed E-state index contributed by atoms with van der Waals surface area (Å²) in [6.07, 6.45) is 1.42. The normalized spacial score (nSPS) is 15.1. The lowest BCUT2D eigenvalue weighted by Gasteiger charge is -2.16. The van der Waals surface area contributed by atoms with Crippen molar-refractivity contribution in [2.24, 2.45) is 0 Å². The molecule has 1 aliphatic carbocycles. The lowest BCUT2D eigenvalue weighted by atomic mass is 10.1. The molecule has 2 N–H and O–H groups in total. The highest BCUT2D eigenvalue weighted by atomic mass is 19.1. The molecular formula is C20H20FNO5. The van der Waals surface area contributed by atoms with E-state index in [4.69, 9.17) is 14.6 Å². The Morgan fingerprint density at radius 1 is 1.19 bits per heavy atom. The van der Waals surface area contributed by atoms with E-state index >= 15 is 0 Å². The zero-order valence-corrected chi connectivity index (χ0v) is 14.8. The third kappa shape index (κ3) is 4.36. The predicted molar refractivity (Wildman–Crippen MR) is 95.7 cm³/mol. The fourth-order valence-corrected chi connectivity index (χ4v) is 3.15. The van der Waals surface area contributed by atoms with Crippen molar-refractivity contribution in [2.45, 2.75) is 25.8 Å². The Morgan fingerprint density at radius 3 is 2.74 bits per heavy atom. The summed E-state index contributed by atoms with van der Waals surface area (Å²) in [5.41, 5.74) is 2.21. The monoisotopic (exact) mass is 373 g/mol. The van der Waals surface area contributed by atoms with Gasteiger partial charge >= 0.3 is 5.97 Å². The second-order valence-corrected chi connectivity index (χ2v) is 6.18. The predicted octanol–water partition coefficient (Wildman–Crippen LogP) is 3.11. The number of hydrogen-bond acceptors (Lipinski definition) is 4. The fourth-order valence-electron chi connectivity index (χ4n) is 3.15. The van der Waals surface area contributed by atoms with E-state index in [9.17, 15) is 14.0 Å². The van der Waals surface area contributed by atoms with Crippen LogP contribution < -0.4 is 14.8 Å². The molecule has 0 saturated carbocycles. The maximum absolute atomic E-state index is 13.3. The Bertz CT molecular complexity index is 867. The fraction of sp³-hybridized carbons (Fsp3) is 0.300. The standard InChI is InChI=1S/C20H20FNO5/c1-2-26-18-10-13(4-8-17(18)27-11-19(23)24)20(25)22-16-7-3-12-9-14(21)5-6-15(12)16/h4-6,8-10,16H,2-3,7,11H2,1H3,(H,22,25)(H,23,24). The number of carboxylic acid groups (broad SMARTS) is 1. The number of benzene rings is 2. The molecule has 1 amide bonds. The molecule has 0 bridgehead atoms.